The first-order valence-corrected chi connectivity index (χ1v) is 7.97. The number of unbranched alkanes of at least 4 members (excludes halogenated alkanes) is 2. The summed E-state index contributed by atoms with van der Waals surface area (Å²) in [6, 6.07) is 14.2. The number of carbonyl (C=O) groups is 1. The van der Waals surface area contributed by atoms with Gasteiger partial charge in [0.05, 0.1) is 0 Å². The number of benzene rings is 1. The summed E-state index contributed by atoms with van der Waals surface area (Å²) in [6.07, 6.45) is 5.63. The summed E-state index contributed by atoms with van der Waals surface area (Å²) in [6.45, 7) is 4.94. The number of rotatable bonds is 6. The Kier molecular flexibility index (Phi) is 6.13. The van der Waals surface area contributed by atoms with Gasteiger partial charge in [0.2, 0.25) is 5.91 Å². The molecule has 2 aromatic rings. The summed E-state index contributed by atoms with van der Waals surface area (Å²) in [7, 11) is 0. The van der Waals surface area contributed by atoms with Crippen LogP contribution in [0.3, 0.4) is 0 Å². The van der Waals surface area contributed by atoms with Gasteiger partial charge in [-0.05, 0) is 31.0 Å². The molecule has 3 heteroatoms. The van der Waals surface area contributed by atoms with E-state index in [1.165, 1.54) is 11.1 Å². The highest BCUT2D eigenvalue weighted by molar-refractivity contribution is 5.76. The predicted octanol–water partition coefficient (Wildman–Crippen LogP) is 3.85. The van der Waals surface area contributed by atoms with E-state index in [-0.39, 0.29) is 5.91 Å². The van der Waals surface area contributed by atoms with E-state index in [9.17, 15) is 4.79 Å². The second kappa shape index (κ2) is 8.32. The number of hydrogen-bond acceptors (Lipinski definition) is 1. The Balaban J connectivity index is 2.15. The van der Waals surface area contributed by atoms with Crippen LogP contribution in [-0.2, 0) is 11.3 Å². The number of hydrogen-bond donors (Lipinski definition) is 0. The van der Waals surface area contributed by atoms with E-state index in [0.29, 0.717) is 6.42 Å². The van der Waals surface area contributed by atoms with Crippen molar-refractivity contribution in [3.05, 3.63) is 65.3 Å². The Morgan fingerprint density at radius 1 is 1.09 bits per heavy atom. The van der Waals surface area contributed by atoms with Crippen LogP contribution in [0.2, 0.25) is 0 Å². The molecule has 0 atom stereocenters. The second-order valence-corrected chi connectivity index (χ2v) is 5.63. The van der Waals surface area contributed by atoms with Gasteiger partial charge in [0.1, 0.15) is 5.49 Å². The van der Waals surface area contributed by atoms with Gasteiger partial charge in [-0.1, -0.05) is 55.7 Å². The molecule has 0 unspecified atom stereocenters. The molecule has 0 N–H and O–H groups in total. The van der Waals surface area contributed by atoms with E-state index in [2.05, 4.69) is 43.1 Å². The summed E-state index contributed by atoms with van der Waals surface area (Å²) < 4.78 is 2.02. The van der Waals surface area contributed by atoms with Crippen molar-refractivity contribution in [2.45, 2.75) is 46.1 Å². The SMILES string of the molecule is CCCCCC(=O)N=c1ccccn1Cc1ccc(C)cc1. The van der Waals surface area contributed by atoms with Crippen molar-refractivity contribution in [2.24, 2.45) is 4.99 Å². The molecule has 0 spiro atoms. The van der Waals surface area contributed by atoms with Gasteiger partial charge in [-0.25, -0.2) is 0 Å². The van der Waals surface area contributed by atoms with E-state index >= 15 is 0 Å². The Morgan fingerprint density at radius 2 is 1.86 bits per heavy atom. The zero-order valence-electron chi connectivity index (χ0n) is 13.5. The zero-order valence-corrected chi connectivity index (χ0v) is 13.5. The number of aromatic nitrogens is 1. The summed E-state index contributed by atoms with van der Waals surface area (Å²) in [5.41, 5.74) is 3.18. The van der Waals surface area contributed by atoms with Crippen LogP contribution >= 0.6 is 0 Å². The minimum atomic E-state index is -0.0303. The van der Waals surface area contributed by atoms with Crippen molar-refractivity contribution in [2.75, 3.05) is 0 Å². The average Bonchev–Trinajstić information content (AvgIpc) is 2.52. The minimum Gasteiger partial charge on any atom is -0.329 e. The molecule has 1 amide bonds. The summed E-state index contributed by atoms with van der Waals surface area (Å²) in [5.74, 6) is -0.0303. The highest BCUT2D eigenvalue weighted by Gasteiger charge is 2.01. The Morgan fingerprint density at radius 3 is 2.59 bits per heavy atom. The number of nitrogens with zero attached hydrogens (tertiary/aromatic N) is 2. The molecular weight excluding hydrogens is 272 g/mol. The van der Waals surface area contributed by atoms with Crippen LogP contribution in [0.4, 0.5) is 0 Å². The van der Waals surface area contributed by atoms with Gasteiger partial charge in [0.15, 0.2) is 0 Å². The van der Waals surface area contributed by atoms with Crippen molar-refractivity contribution in [3.63, 3.8) is 0 Å². The standard InChI is InChI=1S/C19H24N2O/c1-3-4-5-9-19(22)20-18-8-6-7-14-21(18)15-17-12-10-16(2)11-13-17/h6-8,10-14H,3-5,9,15H2,1-2H3. The van der Waals surface area contributed by atoms with E-state index in [1.807, 2.05) is 29.0 Å². The quantitative estimate of drug-likeness (QED) is 0.745. The summed E-state index contributed by atoms with van der Waals surface area (Å²) >= 11 is 0. The normalized spacial score (nSPS) is 11.6. The van der Waals surface area contributed by atoms with E-state index < -0.39 is 0 Å². The van der Waals surface area contributed by atoms with Crippen molar-refractivity contribution in [3.8, 4) is 0 Å². The minimum absolute atomic E-state index is 0.0303. The molecular formula is C19H24N2O. The van der Waals surface area contributed by atoms with E-state index in [1.54, 1.807) is 0 Å². The van der Waals surface area contributed by atoms with Crippen molar-refractivity contribution in [1.82, 2.24) is 4.57 Å². The van der Waals surface area contributed by atoms with E-state index in [4.69, 9.17) is 0 Å². The third kappa shape index (κ3) is 4.99. The molecule has 0 saturated heterocycles. The van der Waals surface area contributed by atoms with Crippen molar-refractivity contribution in [1.29, 1.82) is 0 Å². The maximum Gasteiger partial charge on any atom is 0.247 e. The molecule has 1 heterocycles. The average molecular weight is 296 g/mol. The number of carbonyl (C=O) groups excluding carboxylic acids is 1. The smallest absolute Gasteiger partial charge is 0.247 e. The third-order valence-corrected chi connectivity index (χ3v) is 3.62. The van der Waals surface area contributed by atoms with Gasteiger partial charge >= 0.3 is 0 Å². The van der Waals surface area contributed by atoms with Crippen LogP contribution in [-0.4, -0.2) is 10.5 Å². The summed E-state index contributed by atoms with van der Waals surface area (Å²) in [5, 5.41) is 0. The lowest BCUT2D eigenvalue weighted by Crippen LogP contribution is -2.22. The highest BCUT2D eigenvalue weighted by Crippen LogP contribution is 2.04. The molecule has 22 heavy (non-hydrogen) atoms. The molecule has 0 saturated carbocycles. The molecule has 0 fully saturated rings. The number of amides is 1. The lowest BCUT2D eigenvalue weighted by molar-refractivity contribution is -0.118. The Labute approximate surface area is 132 Å². The number of pyridine rings is 1. The van der Waals surface area contributed by atoms with Gasteiger partial charge in [-0.3, -0.25) is 4.79 Å². The maximum atomic E-state index is 12.0. The highest BCUT2D eigenvalue weighted by atomic mass is 16.1. The lowest BCUT2D eigenvalue weighted by Gasteiger charge is -2.07. The number of aryl methyl sites for hydroxylation is 1. The van der Waals surface area contributed by atoms with Gasteiger partial charge in [0.25, 0.3) is 0 Å². The van der Waals surface area contributed by atoms with Gasteiger partial charge in [-0.2, -0.15) is 4.99 Å². The van der Waals surface area contributed by atoms with Crippen LogP contribution < -0.4 is 5.49 Å². The van der Waals surface area contributed by atoms with Crippen LogP contribution in [0.5, 0.6) is 0 Å². The monoisotopic (exact) mass is 296 g/mol. The molecule has 0 aliphatic heterocycles. The first kappa shape index (κ1) is 16.2. The topological polar surface area (TPSA) is 34.4 Å². The zero-order chi connectivity index (χ0) is 15.8. The Hall–Kier alpha value is -2.16. The molecule has 0 radical (unpaired) electrons. The molecule has 3 nitrogen and oxygen atoms in total. The lowest BCUT2D eigenvalue weighted by atomic mass is 10.1. The second-order valence-electron chi connectivity index (χ2n) is 5.63. The molecule has 1 aromatic carbocycles. The predicted molar refractivity (Wildman–Crippen MR) is 89.4 cm³/mol. The van der Waals surface area contributed by atoms with Crippen molar-refractivity contribution >= 4 is 5.91 Å². The van der Waals surface area contributed by atoms with Gasteiger partial charge < -0.3 is 4.57 Å². The fraction of sp³-hybridized carbons (Fsp3) is 0.368. The molecule has 1 aromatic heterocycles. The Bertz CT molecular complexity index is 668. The first-order chi connectivity index (χ1) is 10.7. The molecule has 116 valence electrons. The fourth-order valence-corrected chi connectivity index (χ4v) is 2.30. The van der Waals surface area contributed by atoms with E-state index in [0.717, 1.165) is 31.3 Å². The van der Waals surface area contributed by atoms with Crippen LogP contribution in [0.15, 0.2) is 53.7 Å². The molecule has 0 aliphatic rings. The molecule has 0 aliphatic carbocycles. The van der Waals surface area contributed by atoms with Crippen LogP contribution in [0.25, 0.3) is 0 Å². The largest absolute Gasteiger partial charge is 0.329 e. The first-order valence-electron chi connectivity index (χ1n) is 7.97. The fourth-order valence-electron chi connectivity index (χ4n) is 2.30. The summed E-state index contributed by atoms with van der Waals surface area (Å²) in [4.78, 5) is 16.2. The van der Waals surface area contributed by atoms with Crippen LogP contribution in [0, 0.1) is 6.92 Å². The van der Waals surface area contributed by atoms with Gasteiger partial charge in [-0.15, -0.1) is 0 Å². The van der Waals surface area contributed by atoms with Crippen molar-refractivity contribution < 1.29 is 4.79 Å². The maximum absolute atomic E-state index is 12.0. The van der Waals surface area contributed by atoms with Crippen LogP contribution in [0.1, 0.15) is 43.7 Å². The molecule has 2 rings (SSSR count). The molecule has 0 bridgehead atoms. The third-order valence-electron chi connectivity index (χ3n) is 3.62. The van der Waals surface area contributed by atoms with Gasteiger partial charge in [0, 0.05) is 19.2 Å².